The molecule has 1 aliphatic carbocycles. The highest BCUT2D eigenvalue weighted by atomic mass is 127. The fourth-order valence-electron chi connectivity index (χ4n) is 1.30. The third kappa shape index (κ3) is 2.77. The molecule has 0 aromatic rings. The normalized spacial score (nSPS) is 17.8. The number of carbonyl (C=O) groups is 1. The summed E-state index contributed by atoms with van der Waals surface area (Å²) in [5, 5.41) is 0. The van der Waals surface area contributed by atoms with Gasteiger partial charge in [-0.25, -0.2) is 4.79 Å². The van der Waals surface area contributed by atoms with Gasteiger partial charge < -0.3 is 4.74 Å². The Bertz CT molecular complexity index is 183. The second kappa shape index (κ2) is 4.84. The molecular weight excluding hydrogens is 267 g/mol. The van der Waals surface area contributed by atoms with Crippen molar-refractivity contribution in [3.05, 3.63) is 12.2 Å². The molecule has 1 saturated carbocycles. The van der Waals surface area contributed by atoms with Crippen LogP contribution in [0.1, 0.15) is 25.7 Å². The summed E-state index contributed by atoms with van der Waals surface area (Å²) in [6.45, 7) is 3.63. The molecule has 0 aromatic heterocycles. The zero-order chi connectivity index (χ0) is 8.97. The van der Waals surface area contributed by atoms with E-state index in [0.29, 0.717) is 10.0 Å². The first kappa shape index (κ1) is 10.0. The van der Waals surface area contributed by atoms with Crippen LogP contribution in [0.25, 0.3) is 0 Å². The SMILES string of the molecule is C=C(CI)C(=O)OC1CCCC1. The van der Waals surface area contributed by atoms with Gasteiger partial charge in [-0.2, -0.15) is 0 Å². The summed E-state index contributed by atoms with van der Waals surface area (Å²) >= 11 is 2.11. The Morgan fingerprint density at radius 2 is 2.08 bits per heavy atom. The summed E-state index contributed by atoms with van der Waals surface area (Å²) in [7, 11) is 0. The lowest BCUT2D eigenvalue weighted by Crippen LogP contribution is -2.16. The smallest absolute Gasteiger partial charge is 0.334 e. The van der Waals surface area contributed by atoms with E-state index in [1.165, 1.54) is 12.8 Å². The van der Waals surface area contributed by atoms with Gasteiger partial charge in [0.15, 0.2) is 0 Å². The van der Waals surface area contributed by atoms with Crippen molar-refractivity contribution < 1.29 is 9.53 Å². The molecule has 0 amide bonds. The maximum absolute atomic E-state index is 11.2. The van der Waals surface area contributed by atoms with Crippen molar-refractivity contribution in [1.82, 2.24) is 0 Å². The molecule has 0 aromatic carbocycles. The van der Waals surface area contributed by atoms with E-state index in [1.54, 1.807) is 0 Å². The fraction of sp³-hybridized carbons (Fsp3) is 0.667. The standard InChI is InChI=1S/C9H13IO2/c1-7(6-10)9(11)12-8-4-2-3-5-8/h8H,1-6H2. The van der Waals surface area contributed by atoms with Crippen LogP contribution in [0.4, 0.5) is 0 Å². The molecule has 2 nitrogen and oxygen atoms in total. The molecule has 3 heteroatoms. The van der Waals surface area contributed by atoms with Crippen molar-refractivity contribution in [1.29, 1.82) is 0 Å². The summed E-state index contributed by atoms with van der Waals surface area (Å²) in [4.78, 5) is 11.2. The zero-order valence-electron chi connectivity index (χ0n) is 7.01. The van der Waals surface area contributed by atoms with Crippen LogP contribution < -0.4 is 0 Å². The molecule has 0 heterocycles. The molecular formula is C9H13IO2. The first-order chi connectivity index (χ1) is 5.74. The Hall–Kier alpha value is -0.0600. The molecule has 0 aliphatic heterocycles. The van der Waals surface area contributed by atoms with Gasteiger partial charge in [-0.05, 0) is 25.7 Å². The number of rotatable bonds is 3. The maximum Gasteiger partial charge on any atom is 0.334 e. The van der Waals surface area contributed by atoms with Gasteiger partial charge in [0.05, 0.1) is 0 Å². The summed E-state index contributed by atoms with van der Waals surface area (Å²) in [6.07, 6.45) is 4.60. The summed E-state index contributed by atoms with van der Waals surface area (Å²) in [6, 6.07) is 0. The number of ether oxygens (including phenoxy) is 1. The number of carbonyl (C=O) groups excluding carboxylic acids is 1. The second-order valence-corrected chi connectivity index (χ2v) is 3.81. The first-order valence-electron chi connectivity index (χ1n) is 4.18. The lowest BCUT2D eigenvalue weighted by atomic mass is 10.3. The maximum atomic E-state index is 11.2. The van der Waals surface area contributed by atoms with Crippen molar-refractivity contribution in [2.45, 2.75) is 31.8 Å². The van der Waals surface area contributed by atoms with Crippen molar-refractivity contribution in [3.63, 3.8) is 0 Å². The van der Waals surface area contributed by atoms with Crippen LogP contribution in [-0.2, 0) is 9.53 Å². The first-order valence-corrected chi connectivity index (χ1v) is 5.71. The quantitative estimate of drug-likeness (QED) is 0.343. The molecule has 0 radical (unpaired) electrons. The third-order valence-corrected chi connectivity index (χ3v) is 2.95. The minimum absolute atomic E-state index is 0.164. The molecule has 0 spiro atoms. The van der Waals surface area contributed by atoms with Gasteiger partial charge in [-0.15, -0.1) is 0 Å². The lowest BCUT2D eigenvalue weighted by molar-refractivity contribution is -0.143. The van der Waals surface area contributed by atoms with Crippen LogP contribution in [0, 0.1) is 0 Å². The van der Waals surface area contributed by atoms with Crippen molar-refractivity contribution >= 4 is 28.6 Å². The van der Waals surface area contributed by atoms with Gasteiger partial charge in [0, 0.05) is 10.0 Å². The Morgan fingerprint density at radius 3 is 2.58 bits per heavy atom. The van der Waals surface area contributed by atoms with Gasteiger partial charge in [-0.1, -0.05) is 29.2 Å². The van der Waals surface area contributed by atoms with E-state index in [9.17, 15) is 4.79 Å². The average Bonchev–Trinajstić information content (AvgIpc) is 2.55. The Morgan fingerprint density at radius 1 is 1.50 bits per heavy atom. The number of halogens is 1. The highest BCUT2D eigenvalue weighted by Crippen LogP contribution is 2.21. The monoisotopic (exact) mass is 280 g/mol. The van der Waals surface area contributed by atoms with Gasteiger partial charge in [-0.3, -0.25) is 0 Å². The fourth-order valence-corrected chi connectivity index (χ4v) is 1.61. The van der Waals surface area contributed by atoms with Gasteiger partial charge in [0.25, 0.3) is 0 Å². The summed E-state index contributed by atoms with van der Waals surface area (Å²) < 4.78 is 5.88. The van der Waals surface area contributed by atoms with Crippen molar-refractivity contribution in [3.8, 4) is 0 Å². The molecule has 0 unspecified atom stereocenters. The minimum Gasteiger partial charge on any atom is -0.459 e. The predicted octanol–water partition coefficient (Wildman–Crippen LogP) is 2.46. The van der Waals surface area contributed by atoms with Crippen LogP contribution in [0.5, 0.6) is 0 Å². The van der Waals surface area contributed by atoms with Crippen molar-refractivity contribution in [2.75, 3.05) is 4.43 Å². The number of alkyl halides is 1. The van der Waals surface area contributed by atoms with Gasteiger partial charge in [0.1, 0.15) is 6.10 Å². The van der Waals surface area contributed by atoms with E-state index < -0.39 is 0 Å². The predicted molar refractivity (Wildman–Crippen MR) is 56.4 cm³/mol. The molecule has 12 heavy (non-hydrogen) atoms. The van der Waals surface area contributed by atoms with Crippen LogP contribution in [0.15, 0.2) is 12.2 Å². The largest absolute Gasteiger partial charge is 0.459 e. The van der Waals surface area contributed by atoms with E-state index in [4.69, 9.17) is 4.74 Å². The summed E-state index contributed by atoms with van der Waals surface area (Å²) in [5.74, 6) is -0.212. The number of hydrogen-bond acceptors (Lipinski definition) is 2. The number of hydrogen-bond donors (Lipinski definition) is 0. The zero-order valence-corrected chi connectivity index (χ0v) is 9.17. The van der Waals surface area contributed by atoms with Gasteiger partial charge in [0.2, 0.25) is 0 Å². The van der Waals surface area contributed by atoms with E-state index in [0.717, 1.165) is 12.8 Å². The molecule has 1 fully saturated rings. The van der Waals surface area contributed by atoms with E-state index >= 15 is 0 Å². The molecule has 1 rings (SSSR count). The minimum atomic E-state index is -0.212. The van der Waals surface area contributed by atoms with Crippen LogP contribution in [0.2, 0.25) is 0 Å². The number of esters is 1. The van der Waals surface area contributed by atoms with Gasteiger partial charge >= 0.3 is 5.97 Å². The Balaban J connectivity index is 2.29. The second-order valence-electron chi connectivity index (χ2n) is 3.05. The van der Waals surface area contributed by atoms with E-state index in [-0.39, 0.29) is 12.1 Å². The topological polar surface area (TPSA) is 26.3 Å². The van der Waals surface area contributed by atoms with E-state index in [2.05, 4.69) is 29.2 Å². The van der Waals surface area contributed by atoms with Crippen LogP contribution in [0.3, 0.4) is 0 Å². The van der Waals surface area contributed by atoms with Crippen LogP contribution >= 0.6 is 22.6 Å². The van der Waals surface area contributed by atoms with Crippen LogP contribution in [-0.4, -0.2) is 16.5 Å². The average molecular weight is 280 g/mol. The van der Waals surface area contributed by atoms with Crippen molar-refractivity contribution in [2.24, 2.45) is 0 Å². The molecule has 0 bridgehead atoms. The highest BCUT2D eigenvalue weighted by molar-refractivity contribution is 14.1. The molecule has 0 N–H and O–H groups in total. The highest BCUT2D eigenvalue weighted by Gasteiger charge is 2.19. The summed E-state index contributed by atoms with van der Waals surface area (Å²) in [5.41, 5.74) is 0.572. The molecule has 0 saturated heterocycles. The van der Waals surface area contributed by atoms with E-state index in [1.807, 2.05) is 0 Å². The Labute approximate surface area is 86.5 Å². The molecule has 1 aliphatic rings. The lowest BCUT2D eigenvalue weighted by Gasteiger charge is -2.11. The third-order valence-electron chi connectivity index (χ3n) is 2.03. The Kier molecular flexibility index (Phi) is 4.05. The molecule has 0 atom stereocenters. The molecule has 68 valence electrons.